The van der Waals surface area contributed by atoms with E-state index >= 15 is 0 Å². The van der Waals surface area contributed by atoms with Gasteiger partial charge in [-0.15, -0.1) is 0 Å². The maximum atomic E-state index is 12.0. The van der Waals surface area contributed by atoms with Gasteiger partial charge in [-0.2, -0.15) is 0 Å². The van der Waals surface area contributed by atoms with Crippen molar-refractivity contribution in [3.05, 3.63) is 75.0 Å². The van der Waals surface area contributed by atoms with Crippen LogP contribution < -0.4 is 5.32 Å². The molecule has 0 aliphatic carbocycles. The van der Waals surface area contributed by atoms with Crippen molar-refractivity contribution in [3.63, 3.8) is 0 Å². The third-order valence-electron chi connectivity index (χ3n) is 2.67. The maximum Gasteiger partial charge on any atom is 0.352 e. The minimum Gasteiger partial charge on any atom is -0.477 e. The number of aliphatic carboxylic acids is 1. The van der Waals surface area contributed by atoms with Crippen LogP contribution in [0.1, 0.15) is 15.9 Å². The van der Waals surface area contributed by atoms with Gasteiger partial charge >= 0.3 is 5.97 Å². The number of carbonyl (C=O) groups excluding carboxylic acids is 1. The van der Waals surface area contributed by atoms with Crippen LogP contribution >= 0.6 is 22.6 Å². The zero-order valence-corrected chi connectivity index (χ0v) is 13.1. The molecule has 5 heteroatoms. The van der Waals surface area contributed by atoms with E-state index in [-0.39, 0.29) is 5.70 Å². The highest BCUT2D eigenvalue weighted by Gasteiger charge is 2.13. The number of nitrogens with one attached hydrogen (secondary N) is 1. The van der Waals surface area contributed by atoms with E-state index in [1.807, 2.05) is 18.2 Å². The first-order valence-electron chi connectivity index (χ1n) is 6.13. The fourth-order valence-electron chi connectivity index (χ4n) is 1.70. The second-order valence-corrected chi connectivity index (χ2v) is 5.48. The van der Waals surface area contributed by atoms with Crippen molar-refractivity contribution >= 4 is 40.5 Å². The fourth-order valence-corrected chi connectivity index (χ4v) is 2.27. The van der Waals surface area contributed by atoms with Crippen molar-refractivity contribution in [1.82, 2.24) is 5.32 Å². The molecule has 0 aliphatic heterocycles. The van der Waals surface area contributed by atoms with Crippen LogP contribution in [-0.2, 0) is 4.79 Å². The van der Waals surface area contributed by atoms with Gasteiger partial charge < -0.3 is 10.4 Å². The Morgan fingerprint density at radius 3 is 2.38 bits per heavy atom. The normalized spacial score (nSPS) is 11.0. The van der Waals surface area contributed by atoms with Gasteiger partial charge in [-0.3, -0.25) is 4.79 Å². The molecule has 21 heavy (non-hydrogen) atoms. The highest BCUT2D eigenvalue weighted by Crippen LogP contribution is 2.11. The molecule has 0 aromatic heterocycles. The highest BCUT2D eigenvalue weighted by atomic mass is 127. The predicted octanol–water partition coefficient (Wildman–Crippen LogP) is 3.15. The van der Waals surface area contributed by atoms with Crippen molar-refractivity contribution in [2.75, 3.05) is 0 Å². The summed E-state index contributed by atoms with van der Waals surface area (Å²) < 4.78 is 0.987. The second kappa shape index (κ2) is 7.03. The van der Waals surface area contributed by atoms with Gasteiger partial charge in [-0.1, -0.05) is 30.3 Å². The molecule has 2 rings (SSSR count). The molecule has 0 aliphatic rings. The number of benzene rings is 2. The zero-order chi connectivity index (χ0) is 15.2. The van der Waals surface area contributed by atoms with Crippen LogP contribution in [0.5, 0.6) is 0 Å². The molecule has 0 fully saturated rings. The van der Waals surface area contributed by atoms with Crippen molar-refractivity contribution in [2.45, 2.75) is 0 Å². The van der Waals surface area contributed by atoms with Crippen molar-refractivity contribution in [2.24, 2.45) is 0 Å². The van der Waals surface area contributed by atoms with E-state index in [0.29, 0.717) is 11.1 Å². The minimum absolute atomic E-state index is 0.161. The summed E-state index contributed by atoms with van der Waals surface area (Å²) in [5.74, 6) is -1.63. The molecule has 0 unspecified atom stereocenters. The summed E-state index contributed by atoms with van der Waals surface area (Å²) >= 11 is 2.14. The summed E-state index contributed by atoms with van der Waals surface area (Å²) in [6.07, 6.45) is 1.44. The minimum atomic E-state index is -1.18. The maximum absolute atomic E-state index is 12.0. The first-order chi connectivity index (χ1) is 10.1. The molecule has 2 aromatic rings. The Balaban J connectivity index is 2.24. The SMILES string of the molecule is O=C(O)/C(=C\c1cccc(I)c1)NC(=O)c1ccccc1. The monoisotopic (exact) mass is 393 g/mol. The molecule has 0 saturated heterocycles. The van der Waals surface area contributed by atoms with E-state index in [4.69, 9.17) is 0 Å². The molecular formula is C16H12INO3. The molecule has 1 amide bonds. The van der Waals surface area contributed by atoms with Crippen LogP contribution in [0, 0.1) is 3.57 Å². The molecule has 0 heterocycles. The lowest BCUT2D eigenvalue weighted by molar-refractivity contribution is -0.132. The zero-order valence-electron chi connectivity index (χ0n) is 10.9. The number of carboxylic acids is 1. The number of hydrogen-bond acceptors (Lipinski definition) is 2. The Hall–Kier alpha value is -2.15. The summed E-state index contributed by atoms with van der Waals surface area (Å²) in [7, 11) is 0. The van der Waals surface area contributed by atoms with Gasteiger partial charge in [-0.25, -0.2) is 4.79 Å². The van der Waals surface area contributed by atoms with Crippen LogP contribution in [0.4, 0.5) is 0 Å². The molecule has 0 bridgehead atoms. The van der Waals surface area contributed by atoms with Crippen LogP contribution in [0.3, 0.4) is 0 Å². The van der Waals surface area contributed by atoms with Gasteiger partial charge in [0.2, 0.25) is 0 Å². The summed E-state index contributed by atoms with van der Waals surface area (Å²) in [6, 6.07) is 15.8. The Labute approximate surface area is 135 Å². The van der Waals surface area contributed by atoms with Crippen LogP contribution in [0.25, 0.3) is 6.08 Å². The molecule has 2 N–H and O–H groups in total. The Bertz CT molecular complexity index is 696. The first kappa shape index (κ1) is 15.2. The quantitative estimate of drug-likeness (QED) is 0.620. The number of carboxylic acid groups (broad SMARTS) is 1. The standard InChI is InChI=1S/C16H12INO3/c17-13-8-4-5-11(9-13)10-14(16(20)21)18-15(19)12-6-2-1-3-7-12/h1-10H,(H,18,19)(H,20,21)/b14-10+. The molecule has 0 atom stereocenters. The average molecular weight is 393 g/mol. The molecule has 2 aromatic carbocycles. The molecule has 106 valence electrons. The number of carbonyl (C=O) groups is 2. The van der Waals surface area contributed by atoms with Gasteiger partial charge in [0.25, 0.3) is 5.91 Å². The molecule has 0 spiro atoms. The lowest BCUT2D eigenvalue weighted by Crippen LogP contribution is -2.27. The van der Waals surface area contributed by atoms with E-state index in [9.17, 15) is 14.7 Å². The van der Waals surface area contributed by atoms with E-state index in [1.54, 1.807) is 36.4 Å². The average Bonchev–Trinajstić information content (AvgIpc) is 2.47. The van der Waals surface area contributed by atoms with E-state index in [2.05, 4.69) is 27.9 Å². The largest absolute Gasteiger partial charge is 0.477 e. The lowest BCUT2D eigenvalue weighted by Gasteiger charge is -2.06. The summed E-state index contributed by atoms with van der Waals surface area (Å²) in [6.45, 7) is 0. The summed E-state index contributed by atoms with van der Waals surface area (Å²) in [5.41, 5.74) is 0.964. The molecule has 0 saturated carbocycles. The fraction of sp³-hybridized carbons (Fsp3) is 0. The summed E-state index contributed by atoms with van der Waals surface area (Å²) in [5, 5.41) is 11.6. The Kier molecular flexibility index (Phi) is 5.10. The van der Waals surface area contributed by atoms with Gasteiger partial charge in [-0.05, 0) is 58.5 Å². The van der Waals surface area contributed by atoms with Crippen molar-refractivity contribution < 1.29 is 14.7 Å². The van der Waals surface area contributed by atoms with E-state index < -0.39 is 11.9 Å². The Morgan fingerprint density at radius 1 is 1.05 bits per heavy atom. The number of rotatable bonds is 4. The summed E-state index contributed by atoms with van der Waals surface area (Å²) in [4.78, 5) is 23.3. The number of hydrogen-bond donors (Lipinski definition) is 2. The Morgan fingerprint density at radius 2 is 1.76 bits per heavy atom. The van der Waals surface area contributed by atoms with Crippen LogP contribution in [-0.4, -0.2) is 17.0 Å². The third kappa shape index (κ3) is 4.42. The van der Waals surface area contributed by atoms with Gasteiger partial charge in [0.1, 0.15) is 5.70 Å². The van der Waals surface area contributed by atoms with E-state index in [0.717, 1.165) is 3.57 Å². The van der Waals surface area contributed by atoms with Crippen LogP contribution in [0.2, 0.25) is 0 Å². The smallest absolute Gasteiger partial charge is 0.352 e. The number of amides is 1. The van der Waals surface area contributed by atoms with Gasteiger partial charge in [0.15, 0.2) is 0 Å². The first-order valence-corrected chi connectivity index (χ1v) is 7.21. The van der Waals surface area contributed by atoms with Crippen LogP contribution in [0.15, 0.2) is 60.3 Å². The van der Waals surface area contributed by atoms with Crippen molar-refractivity contribution in [3.8, 4) is 0 Å². The highest BCUT2D eigenvalue weighted by molar-refractivity contribution is 14.1. The van der Waals surface area contributed by atoms with Crippen molar-refractivity contribution in [1.29, 1.82) is 0 Å². The number of halogens is 1. The lowest BCUT2D eigenvalue weighted by atomic mass is 10.1. The molecule has 0 radical (unpaired) electrons. The van der Waals surface area contributed by atoms with Gasteiger partial charge in [0.05, 0.1) is 0 Å². The van der Waals surface area contributed by atoms with Gasteiger partial charge in [0, 0.05) is 9.13 Å². The second-order valence-electron chi connectivity index (χ2n) is 4.24. The molecular weight excluding hydrogens is 381 g/mol. The third-order valence-corrected chi connectivity index (χ3v) is 3.35. The van der Waals surface area contributed by atoms with E-state index in [1.165, 1.54) is 6.08 Å². The molecule has 4 nitrogen and oxygen atoms in total. The topological polar surface area (TPSA) is 66.4 Å². The predicted molar refractivity (Wildman–Crippen MR) is 88.7 cm³/mol.